The summed E-state index contributed by atoms with van der Waals surface area (Å²) in [7, 11) is 0. The van der Waals surface area contributed by atoms with Gasteiger partial charge in [-0.25, -0.2) is 4.98 Å². The molecule has 2 aliphatic heterocycles. The lowest BCUT2D eigenvalue weighted by molar-refractivity contribution is 0.0791. The first-order valence-electron chi connectivity index (χ1n) is 8.42. The van der Waals surface area contributed by atoms with Crippen LogP contribution in [-0.4, -0.2) is 48.0 Å². The Balaban J connectivity index is 1.79. The number of anilines is 1. The Labute approximate surface area is 136 Å². The fraction of sp³-hybridized carbons (Fsp3) is 0.444. The molecule has 1 aromatic heterocycles. The van der Waals surface area contributed by atoms with Crippen LogP contribution in [0.3, 0.4) is 0 Å². The van der Waals surface area contributed by atoms with Crippen molar-refractivity contribution < 1.29 is 4.79 Å². The predicted molar refractivity (Wildman–Crippen MR) is 91.7 cm³/mol. The molecule has 0 bridgehead atoms. The van der Waals surface area contributed by atoms with Gasteiger partial charge in [0.2, 0.25) is 0 Å². The van der Waals surface area contributed by atoms with E-state index in [9.17, 15) is 4.79 Å². The first kappa shape index (κ1) is 14.5. The molecule has 0 saturated carbocycles. The molecule has 0 spiro atoms. The van der Waals surface area contributed by atoms with Crippen LogP contribution in [0.5, 0.6) is 0 Å². The standard InChI is InChI=1S/C18H22N4O/c19-14-7-10-22(12-14)18(23)15-11-13-5-1-2-6-16(13)20-17(15)21-8-3-4-9-21/h1-2,5-6,11,14H,3-4,7-10,12,19H2/t14-/m0/s1. The highest BCUT2D eigenvalue weighted by atomic mass is 16.2. The maximum absolute atomic E-state index is 13.0. The quantitative estimate of drug-likeness (QED) is 0.921. The van der Waals surface area contributed by atoms with Gasteiger partial charge < -0.3 is 15.5 Å². The van der Waals surface area contributed by atoms with Crippen molar-refractivity contribution in [3.8, 4) is 0 Å². The number of para-hydroxylation sites is 1. The number of likely N-dealkylation sites (tertiary alicyclic amines) is 1. The second-order valence-corrected chi connectivity index (χ2v) is 6.55. The van der Waals surface area contributed by atoms with Crippen LogP contribution in [0.15, 0.2) is 30.3 Å². The predicted octanol–water partition coefficient (Wildman–Crippen LogP) is 2.01. The zero-order valence-electron chi connectivity index (χ0n) is 13.2. The molecule has 5 heteroatoms. The van der Waals surface area contributed by atoms with E-state index in [1.807, 2.05) is 35.2 Å². The zero-order valence-corrected chi connectivity index (χ0v) is 13.2. The van der Waals surface area contributed by atoms with E-state index >= 15 is 0 Å². The van der Waals surface area contributed by atoms with Gasteiger partial charge in [0.25, 0.3) is 5.91 Å². The van der Waals surface area contributed by atoms with E-state index in [4.69, 9.17) is 10.7 Å². The number of benzene rings is 1. The van der Waals surface area contributed by atoms with E-state index in [2.05, 4.69) is 4.90 Å². The van der Waals surface area contributed by atoms with Gasteiger partial charge in [-0.2, -0.15) is 0 Å². The number of carbonyl (C=O) groups excluding carboxylic acids is 1. The van der Waals surface area contributed by atoms with Crippen LogP contribution in [-0.2, 0) is 0 Å². The van der Waals surface area contributed by atoms with Crippen molar-refractivity contribution in [1.29, 1.82) is 0 Å². The number of fused-ring (bicyclic) bond motifs is 1. The maximum atomic E-state index is 13.0. The van der Waals surface area contributed by atoms with Gasteiger partial charge in [-0.3, -0.25) is 4.79 Å². The number of hydrogen-bond donors (Lipinski definition) is 1. The zero-order chi connectivity index (χ0) is 15.8. The molecule has 1 atom stereocenters. The summed E-state index contributed by atoms with van der Waals surface area (Å²) in [6.07, 6.45) is 3.21. The normalized spacial score (nSPS) is 21.3. The topological polar surface area (TPSA) is 62.5 Å². The summed E-state index contributed by atoms with van der Waals surface area (Å²) in [5, 5.41) is 1.02. The molecule has 1 aromatic carbocycles. The summed E-state index contributed by atoms with van der Waals surface area (Å²) in [5.41, 5.74) is 7.64. The van der Waals surface area contributed by atoms with Crippen LogP contribution >= 0.6 is 0 Å². The highest BCUT2D eigenvalue weighted by Crippen LogP contribution is 2.28. The van der Waals surface area contributed by atoms with Crippen LogP contribution in [0.2, 0.25) is 0 Å². The molecule has 0 unspecified atom stereocenters. The van der Waals surface area contributed by atoms with Crippen molar-refractivity contribution in [2.75, 3.05) is 31.1 Å². The minimum atomic E-state index is 0.0677. The first-order chi connectivity index (χ1) is 11.2. The first-order valence-corrected chi connectivity index (χ1v) is 8.42. The summed E-state index contributed by atoms with van der Waals surface area (Å²) in [6, 6.07) is 10.1. The van der Waals surface area contributed by atoms with E-state index in [-0.39, 0.29) is 11.9 Å². The fourth-order valence-corrected chi connectivity index (χ4v) is 3.58. The average Bonchev–Trinajstić information content (AvgIpc) is 3.24. The lowest BCUT2D eigenvalue weighted by Gasteiger charge is -2.23. The number of carbonyl (C=O) groups is 1. The van der Waals surface area contributed by atoms with Crippen molar-refractivity contribution in [1.82, 2.24) is 9.88 Å². The van der Waals surface area contributed by atoms with E-state index in [1.54, 1.807) is 0 Å². The van der Waals surface area contributed by atoms with Gasteiger partial charge in [0.15, 0.2) is 0 Å². The number of nitrogens with zero attached hydrogens (tertiary/aromatic N) is 3. The van der Waals surface area contributed by atoms with Crippen LogP contribution in [0.4, 0.5) is 5.82 Å². The Hall–Kier alpha value is -2.14. The van der Waals surface area contributed by atoms with Crippen molar-refractivity contribution in [2.45, 2.75) is 25.3 Å². The Morgan fingerprint density at radius 2 is 1.96 bits per heavy atom. The Bertz CT molecular complexity index is 739. The molecular weight excluding hydrogens is 288 g/mol. The summed E-state index contributed by atoms with van der Waals surface area (Å²) in [6.45, 7) is 3.34. The minimum Gasteiger partial charge on any atom is -0.356 e. The summed E-state index contributed by atoms with van der Waals surface area (Å²) < 4.78 is 0. The van der Waals surface area contributed by atoms with Gasteiger partial charge in [0.1, 0.15) is 5.82 Å². The second-order valence-electron chi connectivity index (χ2n) is 6.55. The monoisotopic (exact) mass is 310 g/mol. The third-order valence-electron chi connectivity index (χ3n) is 4.85. The number of amides is 1. The number of aromatic nitrogens is 1. The van der Waals surface area contributed by atoms with Crippen molar-refractivity contribution >= 4 is 22.6 Å². The van der Waals surface area contributed by atoms with Crippen molar-refractivity contribution in [3.05, 3.63) is 35.9 Å². The molecule has 0 aliphatic carbocycles. The summed E-state index contributed by atoms with van der Waals surface area (Å²) in [5.74, 6) is 0.907. The molecular formula is C18H22N4O. The third-order valence-corrected chi connectivity index (χ3v) is 4.85. The Morgan fingerprint density at radius 3 is 2.70 bits per heavy atom. The summed E-state index contributed by atoms with van der Waals surface area (Å²) in [4.78, 5) is 22.0. The maximum Gasteiger partial charge on any atom is 0.257 e. The number of hydrogen-bond acceptors (Lipinski definition) is 4. The second kappa shape index (κ2) is 5.81. The van der Waals surface area contributed by atoms with Crippen LogP contribution in [0, 0.1) is 0 Å². The van der Waals surface area contributed by atoms with E-state index in [1.165, 1.54) is 0 Å². The number of pyridine rings is 1. The van der Waals surface area contributed by atoms with Crippen molar-refractivity contribution in [2.24, 2.45) is 5.73 Å². The lowest BCUT2D eigenvalue weighted by Crippen LogP contribution is -2.33. The smallest absolute Gasteiger partial charge is 0.257 e. The van der Waals surface area contributed by atoms with Gasteiger partial charge in [-0.05, 0) is 31.4 Å². The van der Waals surface area contributed by atoms with Crippen LogP contribution in [0.1, 0.15) is 29.6 Å². The number of rotatable bonds is 2. The Kier molecular flexibility index (Phi) is 3.65. The molecule has 2 aromatic rings. The minimum absolute atomic E-state index is 0.0677. The Morgan fingerprint density at radius 1 is 1.17 bits per heavy atom. The number of nitrogens with two attached hydrogens (primary N) is 1. The van der Waals surface area contributed by atoms with E-state index in [0.717, 1.165) is 61.2 Å². The average molecular weight is 310 g/mol. The molecule has 4 rings (SSSR count). The SMILES string of the molecule is N[C@H]1CCN(C(=O)c2cc3ccccc3nc2N2CCCC2)C1. The molecule has 120 valence electrons. The third kappa shape index (κ3) is 2.65. The van der Waals surface area contributed by atoms with Gasteiger partial charge in [-0.15, -0.1) is 0 Å². The molecule has 1 amide bonds. The molecule has 2 aliphatic rings. The summed E-state index contributed by atoms with van der Waals surface area (Å²) >= 11 is 0. The molecule has 5 nitrogen and oxygen atoms in total. The largest absolute Gasteiger partial charge is 0.356 e. The molecule has 2 N–H and O–H groups in total. The highest BCUT2D eigenvalue weighted by Gasteiger charge is 2.29. The van der Waals surface area contributed by atoms with E-state index < -0.39 is 0 Å². The lowest BCUT2D eigenvalue weighted by atomic mass is 10.1. The van der Waals surface area contributed by atoms with Gasteiger partial charge in [-0.1, -0.05) is 18.2 Å². The van der Waals surface area contributed by atoms with Gasteiger partial charge >= 0.3 is 0 Å². The molecule has 2 saturated heterocycles. The van der Waals surface area contributed by atoms with Crippen LogP contribution in [0.25, 0.3) is 10.9 Å². The fourth-order valence-electron chi connectivity index (χ4n) is 3.58. The van der Waals surface area contributed by atoms with Gasteiger partial charge in [0, 0.05) is 37.6 Å². The molecule has 23 heavy (non-hydrogen) atoms. The van der Waals surface area contributed by atoms with Crippen LogP contribution < -0.4 is 10.6 Å². The van der Waals surface area contributed by atoms with Gasteiger partial charge in [0.05, 0.1) is 11.1 Å². The van der Waals surface area contributed by atoms with Crippen molar-refractivity contribution in [3.63, 3.8) is 0 Å². The molecule has 0 radical (unpaired) electrons. The van der Waals surface area contributed by atoms with E-state index in [0.29, 0.717) is 6.54 Å². The highest BCUT2D eigenvalue weighted by molar-refractivity contribution is 6.02. The molecule has 3 heterocycles. The molecule has 2 fully saturated rings.